The van der Waals surface area contributed by atoms with E-state index in [2.05, 4.69) is 18.4 Å². The lowest BCUT2D eigenvalue weighted by Gasteiger charge is -2.30. The molecule has 0 atom stereocenters. The second-order valence-electron chi connectivity index (χ2n) is 14.8. The Bertz CT molecular complexity index is 2770. The molecule has 8 aromatic rings. The summed E-state index contributed by atoms with van der Waals surface area (Å²) in [5.74, 6) is -1.45. The van der Waals surface area contributed by atoms with Crippen molar-refractivity contribution < 1.29 is 19.2 Å². The maximum atomic E-state index is 14.3. The van der Waals surface area contributed by atoms with Crippen LogP contribution in [0.2, 0.25) is 0 Å². The van der Waals surface area contributed by atoms with Crippen molar-refractivity contribution in [1.82, 2.24) is 0 Å². The van der Waals surface area contributed by atoms with E-state index in [9.17, 15) is 19.2 Å². The molecule has 0 saturated heterocycles. The van der Waals surface area contributed by atoms with Gasteiger partial charge in [-0.2, -0.15) is 0 Å². The van der Waals surface area contributed by atoms with Crippen molar-refractivity contribution in [2.24, 2.45) is 0 Å². The summed E-state index contributed by atoms with van der Waals surface area (Å²) in [7, 11) is 0. The zero-order chi connectivity index (χ0) is 37.4. The van der Waals surface area contributed by atoms with Crippen LogP contribution < -0.4 is 9.80 Å². The van der Waals surface area contributed by atoms with Gasteiger partial charge in [0.1, 0.15) is 0 Å². The maximum Gasteiger partial charge on any atom is 0.265 e. The third-order valence-corrected chi connectivity index (χ3v) is 12.6. The number of imide groups is 2. The molecule has 0 unspecified atom stereocenters. The normalized spacial score (nSPS) is 14.1. The summed E-state index contributed by atoms with van der Waals surface area (Å²) in [5.41, 5.74) is 5.34. The van der Waals surface area contributed by atoms with Crippen LogP contribution in [0, 0.1) is 0 Å². The molecule has 0 N–H and O–H groups in total. The minimum atomic E-state index is -0.364. The van der Waals surface area contributed by atoms with Gasteiger partial charge in [0, 0.05) is 37.9 Å². The first-order valence-corrected chi connectivity index (χ1v) is 20.0. The summed E-state index contributed by atoms with van der Waals surface area (Å²) in [5, 5.41) is 8.62. The number of aryl methyl sites for hydroxylation is 1. The second-order valence-corrected chi connectivity index (χ2v) is 15.7. The van der Waals surface area contributed by atoms with Crippen molar-refractivity contribution in [1.29, 1.82) is 0 Å². The van der Waals surface area contributed by atoms with Crippen LogP contribution in [0.1, 0.15) is 92.4 Å². The summed E-state index contributed by atoms with van der Waals surface area (Å²) in [6.45, 7) is 2.24. The number of unbranched alkanes of at least 4 members (excludes halogenated alkanes) is 5. The molecule has 0 aliphatic carbocycles. The Hall–Kier alpha value is -6.18. The van der Waals surface area contributed by atoms with E-state index >= 15 is 0 Å². The van der Waals surface area contributed by atoms with Crippen LogP contribution in [-0.2, 0) is 6.42 Å². The number of carbonyl (C=O) groups excluding carboxylic acids is 4. The topological polar surface area (TPSA) is 74.8 Å². The van der Waals surface area contributed by atoms with Crippen molar-refractivity contribution in [2.75, 3.05) is 9.80 Å². The summed E-state index contributed by atoms with van der Waals surface area (Å²) >= 11 is 1.73. The largest absolute Gasteiger partial charge is 0.268 e. The minimum absolute atomic E-state index is 0.362. The fraction of sp³-hybridized carbons (Fsp3) is 0.167. The fourth-order valence-corrected chi connectivity index (χ4v) is 9.81. The van der Waals surface area contributed by atoms with Crippen LogP contribution in [0.3, 0.4) is 0 Å². The molecule has 10 rings (SSSR count). The molecule has 0 saturated carbocycles. The maximum absolute atomic E-state index is 14.3. The number of benzene rings is 7. The molecule has 0 radical (unpaired) electrons. The highest BCUT2D eigenvalue weighted by atomic mass is 32.1. The van der Waals surface area contributed by atoms with Gasteiger partial charge in [-0.1, -0.05) is 93.6 Å². The molecule has 55 heavy (non-hydrogen) atoms. The molecule has 1 aromatic heterocycles. The number of anilines is 2. The highest BCUT2D eigenvalue weighted by molar-refractivity contribution is 7.13. The molecule has 0 spiro atoms. The standard InChI is InChI=1S/C48H36N2O4S/c1-2-3-4-5-6-8-11-28-26-40(55-27-28)29-14-16-31(17-15-29)50-47(53)38-24-20-34-32-18-22-36-43-37(46(52)49(45(36)51)30-12-9-7-10-13-30)23-19-33(41(32)43)35-21-25-39(48(50)54)44(38)42(34)35/h7,9-10,12-27H,2-6,8,11H2,1H3. The molecular weight excluding hydrogens is 701 g/mol. The van der Waals surface area contributed by atoms with Crippen molar-refractivity contribution in [3.05, 3.63) is 142 Å². The third-order valence-electron chi connectivity index (χ3n) is 11.5. The third kappa shape index (κ3) is 5.06. The van der Waals surface area contributed by atoms with Gasteiger partial charge in [0.05, 0.1) is 11.4 Å². The number of hydrogen-bond acceptors (Lipinski definition) is 5. The number of rotatable bonds is 10. The second kappa shape index (κ2) is 13.0. The molecule has 0 fully saturated rings. The molecule has 2 aliphatic rings. The number of carbonyl (C=O) groups is 4. The zero-order valence-corrected chi connectivity index (χ0v) is 31.2. The van der Waals surface area contributed by atoms with E-state index in [1.54, 1.807) is 35.6 Å². The highest BCUT2D eigenvalue weighted by Crippen LogP contribution is 2.47. The van der Waals surface area contributed by atoms with Gasteiger partial charge in [-0.25, -0.2) is 9.80 Å². The number of fused-ring (bicyclic) bond motifs is 2. The van der Waals surface area contributed by atoms with E-state index in [1.807, 2.05) is 78.9 Å². The van der Waals surface area contributed by atoms with E-state index in [-0.39, 0.29) is 23.6 Å². The van der Waals surface area contributed by atoms with E-state index < -0.39 is 0 Å². The lowest BCUT2D eigenvalue weighted by Crippen LogP contribution is -2.40. The van der Waals surface area contributed by atoms with E-state index in [0.29, 0.717) is 44.4 Å². The van der Waals surface area contributed by atoms with Gasteiger partial charge in [-0.15, -0.1) is 11.3 Å². The van der Waals surface area contributed by atoms with Crippen LogP contribution >= 0.6 is 11.3 Å². The van der Waals surface area contributed by atoms with E-state index in [0.717, 1.165) is 44.3 Å². The lowest BCUT2D eigenvalue weighted by molar-refractivity contribution is 0.0877. The Morgan fingerprint density at radius 3 is 1.42 bits per heavy atom. The fourth-order valence-electron chi connectivity index (χ4n) is 8.86. The molecule has 4 amide bonds. The average Bonchev–Trinajstić information content (AvgIpc) is 3.69. The number of thiophene rings is 1. The number of para-hydroxylation sites is 1. The van der Waals surface area contributed by atoms with Crippen molar-refractivity contribution in [3.8, 4) is 10.4 Å². The zero-order valence-electron chi connectivity index (χ0n) is 30.4. The summed E-state index contributed by atoms with van der Waals surface area (Å²) in [6, 6.07) is 33.9. The highest BCUT2D eigenvalue weighted by Gasteiger charge is 2.38. The Balaban J connectivity index is 1.00. The van der Waals surface area contributed by atoms with Crippen LogP contribution in [0.5, 0.6) is 0 Å². The Morgan fingerprint density at radius 2 is 0.927 bits per heavy atom. The van der Waals surface area contributed by atoms with Gasteiger partial charge in [-0.05, 0) is 116 Å². The van der Waals surface area contributed by atoms with Gasteiger partial charge >= 0.3 is 0 Å². The Morgan fingerprint density at radius 1 is 0.473 bits per heavy atom. The Kier molecular flexibility index (Phi) is 7.89. The summed E-state index contributed by atoms with van der Waals surface area (Å²) < 4.78 is 0. The van der Waals surface area contributed by atoms with Crippen molar-refractivity contribution in [2.45, 2.75) is 51.9 Å². The first kappa shape index (κ1) is 33.4. The minimum Gasteiger partial charge on any atom is -0.268 e. The predicted octanol–water partition coefficient (Wildman–Crippen LogP) is 12.0. The van der Waals surface area contributed by atoms with Crippen LogP contribution in [0.15, 0.2) is 115 Å². The summed E-state index contributed by atoms with van der Waals surface area (Å²) in [6.07, 6.45) is 8.75. The van der Waals surface area contributed by atoms with Crippen molar-refractivity contribution >= 4 is 89.4 Å². The predicted molar refractivity (Wildman–Crippen MR) is 223 cm³/mol. The SMILES string of the molecule is CCCCCCCCc1csc(-c2ccc(N3C(=O)c4ccc5c6ccc7c8c(ccc(c9ccc(c4c59)C3=O)c86)C(=O)N(c3ccccc3)C7=O)cc2)c1. The molecule has 7 heteroatoms. The van der Waals surface area contributed by atoms with Gasteiger partial charge < -0.3 is 0 Å². The van der Waals surface area contributed by atoms with Crippen LogP contribution in [-0.4, -0.2) is 23.6 Å². The van der Waals surface area contributed by atoms with Gasteiger partial charge in [0.2, 0.25) is 0 Å². The van der Waals surface area contributed by atoms with Crippen LogP contribution in [0.25, 0.3) is 53.5 Å². The van der Waals surface area contributed by atoms with Crippen LogP contribution in [0.4, 0.5) is 11.4 Å². The number of amides is 4. The molecular formula is C48H36N2O4S. The molecule has 7 aromatic carbocycles. The molecule has 6 nitrogen and oxygen atoms in total. The van der Waals surface area contributed by atoms with E-state index in [1.165, 1.54) is 58.8 Å². The molecule has 268 valence electrons. The quantitative estimate of drug-likeness (QED) is 0.0606. The monoisotopic (exact) mass is 736 g/mol. The van der Waals surface area contributed by atoms with E-state index in [4.69, 9.17) is 0 Å². The smallest absolute Gasteiger partial charge is 0.265 e. The molecule has 2 aliphatic heterocycles. The molecule has 0 bridgehead atoms. The first-order chi connectivity index (χ1) is 26.9. The van der Waals surface area contributed by atoms with Crippen molar-refractivity contribution in [3.63, 3.8) is 0 Å². The average molecular weight is 737 g/mol. The summed E-state index contributed by atoms with van der Waals surface area (Å²) in [4.78, 5) is 60.2. The number of hydrogen-bond donors (Lipinski definition) is 0. The Labute approximate surface area is 321 Å². The number of nitrogens with zero attached hydrogens (tertiary/aromatic N) is 2. The molecule has 3 heterocycles. The van der Waals surface area contributed by atoms with Gasteiger partial charge in [0.25, 0.3) is 23.6 Å². The first-order valence-electron chi connectivity index (χ1n) is 19.1. The van der Waals surface area contributed by atoms with Gasteiger partial charge in [0.15, 0.2) is 0 Å². The van der Waals surface area contributed by atoms with Gasteiger partial charge in [-0.3, -0.25) is 19.2 Å². The lowest BCUT2D eigenvalue weighted by atomic mass is 9.82.